The highest BCUT2D eigenvalue weighted by Gasteiger charge is 2.47. The van der Waals surface area contributed by atoms with E-state index in [-0.39, 0.29) is 23.0 Å². The normalized spacial score (nSPS) is 15.2. The molecule has 4 heteroatoms. The number of aryl methyl sites for hydroxylation is 1. The first-order chi connectivity index (χ1) is 25.7. The largest absolute Gasteiger partial charge is 0.454 e. The molecule has 6 aromatic carbocycles. The Hall–Kier alpha value is -5.48. The standard InChI is InChI=1S/C50H45BN2O/c1-28-24-40-44-41(25-28)53-45-34(43-33-14-10-11-17-35(33)50(8,9)47(43)53)16-12-18-37(45)51(44)36-23-21-29(48(2,3)4)26-39(36)52(40)38-19-13-15-32-31-22-20-30(49(5,6)7)27-42(31)54-46(32)38/h10-27H,1-9H3. The van der Waals surface area contributed by atoms with E-state index < -0.39 is 0 Å². The maximum absolute atomic E-state index is 7.00. The molecule has 264 valence electrons. The summed E-state index contributed by atoms with van der Waals surface area (Å²) < 4.78 is 9.65. The fourth-order valence-electron chi connectivity index (χ4n) is 10.2. The van der Waals surface area contributed by atoms with Crippen LogP contribution in [0.3, 0.4) is 0 Å². The minimum atomic E-state index is -0.161. The van der Waals surface area contributed by atoms with Gasteiger partial charge in [0.1, 0.15) is 5.58 Å². The highest BCUT2D eigenvalue weighted by molar-refractivity contribution is 7.00. The summed E-state index contributed by atoms with van der Waals surface area (Å²) in [7, 11) is 0. The van der Waals surface area contributed by atoms with Gasteiger partial charge in [-0.1, -0.05) is 134 Å². The number of benzene rings is 6. The van der Waals surface area contributed by atoms with E-state index in [1.165, 1.54) is 83.4 Å². The molecule has 54 heavy (non-hydrogen) atoms. The second-order valence-corrected chi connectivity index (χ2v) is 18.7. The molecule has 0 bridgehead atoms. The second kappa shape index (κ2) is 10.2. The lowest BCUT2D eigenvalue weighted by atomic mass is 9.33. The van der Waals surface area contributed by atoms with Crippen molar-refractivity contribution in [2.45, 2.75) is 78.6 Å². The van der Waals surface area contributed by atoms with Crippen LogP contribution in [0.4, 0.5) is 17.1 Å². The summed E-state index contributed by atoms with van der Waals surface area (Å²) in [5.74, 6) is 0. The minimum absolute atomic E-state index is 0.0193. The first-order valence-corrected chi connectivity index (χ1v) is 19.6. The average Bonchev–Trinajstić information content (AvgIpc) is 3.76. The Morgan fingerprint density at radius 1 is 0.611 bits per heavy atom. The Morgan fingerprint density at radius 3 is 2.11 bits per heavy atom. The molecule has 0 fully saturated rings. The van der Waals surface area contributed by atoms with Crippen LogP contribution in [0, 0.1) is 6.92 Å². The molecule has 11 rings (SSSR count). The lowest BCUT2D eigenvalue weighted by Gasteiger charge is -2.41. The van der Waals surface area contributed by atoms with Gasteiger partial charge in [-0.25, -0.2) is 0 Å². The summed E-state index contributed by atoms with van der Waals surface area (Å²) >= 11 is 0. The molecular weight excluding hydrogens is 655 g/mol. The van der Waals surface area contributed by atoms with E-state index in [2.05, 4.69) is 181 Å². The van der Waals surface area contributed by atoms with Gasteiger partial charge >= 0.3 is 0 Å². The average molecular weight is 701 g/mol. The molecule has 0 N–H and O–H groups in total. The van der Waals surface area contributed by atoms with Crippen LogP contribution in [0.1, 0.15) is 83.3 Å². The van der Waals surface area contributed by atoms with E-state index in [1.54, 1.807) is 0 Å². The summed E-state index contributed by atoms with van der Waals surface area (Å²) in [6.45, 7) is 20.9. The zero-order chi connectivity index (χ0) is 37.2. The molecule has 2 aliphatic heterocycles. The highest BCUT2D eigenvalue weighted by Crippen LogP contribution is 2.55. The molecule has 0 atom stereocenters. The third-order valence-corrected chi connectivity index (χ3v) is 12.9. The van der Waals surface area contributed by atoms with E-state index in [9.17, 15) is 0 Å². The Balaban J connectivity index is 1.27. The number of hydrogen-bond donors (Lipinski definition) is 0. The van der Waals surface area contributed by atoms with Crippen LogP contribution in [0.25, 0.3) is 49.7 Å². The van der Waals surface area contributed by atoms with Gasteiger partial charge in [-0.2, -0.15) is 0 Å². The van der Waals surface area contributed by atoms with E-state index in [4.69, 9.17) is 4.42 Å². The van der Waals surface area contributed by atoms with Gasteiger partial charge < -0.3 is 13.9 Å². The van der Waals surface area contributed by atoms with E-state index >= 15 is 0 Å². The van der Waals surface area contributed by atoms with Crippen LogP contribution in [0.5, 0.6) is 0 Å². The van der Waals surface area contributed by atoms with Crippen LogP contribution >= 0.6 is 0 Å². The Kier molecular flexibility index (Phi) is 6.03. The molecular formula is C50H45BN2O. The Bertz CT molecular complexity index is 2960. The molecule has 3 nitrogen and oxygen atoms in total. The Labute approximate surface area is 318 Å². The maximum atomic E-state index is 7.00. The van der Waals surface area contributed by atoms with Crippen LogP contribution in [0.2, 0.25) is 0 Å². The van der Waals surface area contributed by atoms with Crippen molar-refractivity contribution in [2.75, 3.05) is 4.90 Å². The van der Waals surface area contributed by atoms with E-state index in [1.807, 2.05) is 0 Å². The van der Waals surface area contributed by atoms with Gasteiger partial charge in [0.25, 0.3) is 6.71 Å². The molecule has 0 saturated heterocycles. The Morgan fingerprint density at radius 2 is 1.31 bits per heavy atom. The van der Waals surface area contributed by atoms with Crippen molar-refractivity contribution in [3.05, 3.63) is 137 Å². The van der Waals surface area contributed by atoms with Crippen molar-refractivity contribution in [1.29, 1.82) is 0 Å². The molecule has 0 spiro atoms. The molecule has 3 aliphatic rings. The molecule has 0 radical (unpaired) electrons. The fraction of sp³-hybridized carbons (Fsp3) is 0.240. The number of para-hydroxylation sites is 2. The van der Waals surface area contributed by atoms with Crippen molar-refractivity contribution < 1.29 is 4.42 Å². The molecule has 8 aromatic rings. The van der Waals surface area contributed by atoms with Crippen molar-refractivity contribution in [3.8, 4) is 16.8 Å². The van der Waals surface area contributed by atoms with Crippen LogP contribution in [0.15, 0.2) is 114 Å². The first kappa shape index (κ1) is 32.0. The van der Waals surface area contributed by atoms with E-state index in [0.29, 0.717) is 0 Å². The van der Waals surface area contributed by atoms with Crippen LogP contribution < -0.4 is 21.3 Å². The number of rotatable bonds is 1. The molecule has 0 unspecified atom stereocenters. The van der Waals surface area contributed by atoms with Crippen molar-refractivity contribution in [1.82, 2.24) is 4.57 Å². The third kappa shape index (κ3) is 3.99. The van der Waals surface area contributed by atoms with Crippen molar-refractivity contribution in [2.24, 2.45) is 0 Å². The van der Waals surface area contributed by atoms with Crippen molar-refractivity contribution >= 4 is 73.0 Å². The zero-order valence-electron chi connectivity index (χ0n) is 32.8. The predicted molar refractivity (Wildman–Crippen MR) is 230 cm³/mol. The van der Waals surface area contributed by atoms with Crippen molar-refractivity contribution in [3.63, 3.8) is 0 Å². The summed E-state index contributed by atoms with van der Waals surface area (Å²) in [4.78, 5) is 2.54. The van der Waals surface area contributed by atoms with Gasteiger partial charge in [-0.3, -0.25) is 0 Å². The van der Waals surface area contributed by atoms with Gasteiger partial charge in [0, 0.05) is 55.4 Å². The van der Waals surface area contributed by atoms with Gasteiger partial charge in [0.2, 0.25) is 0 Å². The fourth-order valence-corrected chi connectivity index (χ4v) is 10.2. The van der Waals surface area contributed by atoms with Gasteiger partial charge in [-0.15, -0.1) is 0 Å². The number of nitrogens with zero attached hydrogens (tertiary/aromatic N) is 2. The first-order valence-electron chi connectivity index (χ1n) is 19.6. The van der Waals surface area contributed by atoms with E-state index in [0.717, 1.165) is 27.6 Å². The minimum Gasteiger partial charge on any atom is -0.454 e. The maximum Gasteiger partial charge on any atom is 0.252 e. The number of aromatic nitrogens is 1. The number of furan rings is 1. The molecule has 4 heterocycles. The van der Waals surface area contributed by atoms with Gasteiger partial charge in [0.15, 0.2) is 5.58 Å². The van der Waals surface area contributed by atoms with Crippen LogP contribution in [-0.4, -0.2) is 11.3 Å². The molecule has 0 saturated carbocycles. The smallest absolute Gasteiger partial charge is 0.252 e. The summed E-state index contributed by atoms with van der Waals surface area (Å²) in [6, 6.07) is 41.7. The third-order valence-electron chi connectivity index (χ3n) is 12.9. The summed E-state index contributed by atoms with van der Waals surface area (Å²) in [5.41, 5.74) is 21.4. The monoisotopic (exact) mass is 700 g/mol. The lowest BCUT2D eigenvalue weighted by molar-refractivity contribution is 0.587. The van der Waals surface area contributed by atoms with Gasteiger partial charge in [-0.05, 0) is 92.3 Å². The zero-order valence-corrected chi connectivity index (χ0v) is 32.8. The SMILES string of the molecule is Cc1cc2c3c(c1)-n1c4c(c5cccc(c51)B3c1ccc(C(C)(C)C)cc1N2c1cccc2c1oc1cc(C(C)(C)C)ccc12)-c1ccccc1C4(C)C. The molecule has 2 aromatic heterocycles. The number of hydrogen-bond acceptors (Lipinski definition) is 2. The number of fused-ring (bicyclic) bond motifs is 12. The van der Waals surface area contributed by atoms with Gasteiger partial charge in [0.05, 0.1) is 5.69 Å². The highest BCUT2D eigenvalue weighted by atomic mass is 16.3. The second-order valence-electron chi connectivity index (χ2n) is 18.7. The number of anilines is 3. The van der Waals surface area contributed by atoms with Crippen LogP contribution in [-0.2, 0) is 16.2 Å². The topological polar surface area (TPSA) is 21.3 Å². The quantitative estimate of drug-likeness (QED) is 0.159. The molecule has 0 amide bonds. The summed E-state index contributed by atoms with van der Waals surface area (Å²) in [6.07, 6.45) is 0. The predicted octanol–water partition coefficient (Wildman–Crippen LogP) is 11.4. The lowest BCUT2D eigenvalue weighted by Crippen LogP contribution is -2.60. The summed E-state index contributed by atoms with van der Waals surface area (Å²) in [5, 5.41) is 3.66. The molecule has 1 aliphatic carbocycles.